The molecular formula is C27H25IN6O2. The van der Waals surface area contributed by atoms with Crippen LogP contribution in [0.15, 0.2) is 91.3 Å². The molecule has 5 rings (SSSR count). The number of nitro groups is 1. The van der Waals surface area contributed by atoms with Crippen LogP contribution in [-0.2, 0) is 0 Å². The Morgan fingerprint density at radius 3 is 1.97 bits per heavy atom. The molecule has 3 aromatic carbocycles. The summed E-state index contributed by atoms with van der Waals surface area (Å²) in [4.78, 5) is 24.7. The lowest BCUT2D eigenvalue weighted by atomic mass is 9.96. The van der Waals surface area contributed by atoms with Crippen LogP contribution in [0, 0.1) is 13.7 Å². The normalized spacial score (nSPS) is 14.1. The molecule has 2 heterocycles. The molecule has 1 fully saturated rings. The fourth-order valence-corrected chi connectivity index (χ4v) is 4.97. The number of anilines is 3. The van der Waals surface area contributed by atoms with Crippen molar-refractivity contribution in [2.75, 3.05) is 36.4 Å². The molecule has 0 radical (unpaired) electrons. The molecule has 0 unspecified atom stereocenters. The highest BCUT2D eigenvalue weighted by molar-refractivity contribution is 14.1. The second-order valence-electron chi connectivity index (χ2n) is 8.53. The number of aromatic nitrogens is 2. The summed E-state index contributed by atoms with van der Waals surface area (Å²) < 4.78 is 1.08. The van der Waals surface area contributed by atoms with E-state index < -0.39 is 4.92 Å². The SMILES string of the molecule is O=[N+]([O-])c1c(Nc2ccc(I)cc2)ncnc1N1CCN(C(c2ccccc2)c2ccccc2)CC1. The van der Waals surface area contributed by atoms with Crippen molar-refractivity contribution < 1.29 is 4.92 Å². The van der Waals surface area contributed by atoms with Crippen LogP contribution in [0.2, 0.25) is 0 Å². The fourth-order valence-electron chi connectivity index (χ4n) is 4.61. The van der Waals surface area contributed by atoms with Crippen LogP contribution in [0.4, 0.5) is 23.0 Å². The third-order valence-electron chi connectivity index (χ3n) is 6.30. The van der Waals surface area contributed by atoms with Gasteiger partial charge in [0.15, 0.2) is 0 Å². The van der Waals surface area contributed by atoms with E-state index in [-0.39, 0.29) is 17.5 Å². The molecule has 0 spiro atoms. The van der Waals surface area contributed by atoms with Gasteiger partial charge in [-0.15, -0.1) is 0 Å². The van der Waals surface area contributed by atoms with Gasteiger partial charge in [-0.3, -0.25) is 15.0 Å². The van der Waals surface area contributed by atoms with E-state index in [1.54, 1.807) is 0 Å². The van der Waals surface area contributed by atoms with Crippen LogP contribution < -0.4 is 10.2 Å². The number of hydrogen-bond donors (Lipinski definition) is 1. The zero-order valence-corrected chi connectivity index (χ0v) is 21.7. The topological polar surface area (TPSA) is 87.4 Å². The third-order valence-corrected chi connectivity index (χ3v) is 7.02. The summed E-state index contributed by atoms with van der Waals surface area (Å²) in [5.41, 5.74) is 3.09. The van der Waals surface area contributed by atoms with Gasteiger partial charge in [-0.2, -0.15) is 0 Å². The maximum absolute atomic E-state index is 12.1. The molecule has 0 saturated carbocycles. The second-order valence-corrected chi connectivity index (χ2v) is 9.78. The summed E-state index contributed by atoms with van der Waals surface area (Å²) in [6.45, 7) is 2.74. The number of piperazine rings is 1. The van der Waals surface area contributed by atoms with E-state index in [4.69, 9.17) is 0 Å². The highest BCUT2D eigenvalue weighted by Crippen LogP contribution is 2.35. The van der Waals surface area contributed by atoms with Crippen molar-refractivity contribution in [3.8, 4) is 0 Å². The van der Waals surface area contributed by atoms with Gasteiger partial charge in [0.2, 0.25) is 11.6 Å². The minimum atomic E-state index is -0.395. The zero-order valence-electron chi connectivity index (χ0n) is 19.5. The Labute approximate surface area is 223 Å². The lowest BCUT2D eigenvalue weighted by molar-refractivity contribution is -0.383. The average Bonchev–Trinajstić information content (AvgIpc) is 2.91. The number of nitrogens with zero attached hydrogens (tertiary/aromatic N) is 5. The van der Waals surface area contributed by atoms with Gasteiger partial charge in [0.25, 0.3) is 0 Å². The molecule has 1 N–H and O–H groups in total. The highest BCUT2D eigenvalue weighted by Gasteiger charge is 2.32. The molecule has 4 aromatic rings. The minimum Gasteiger partial charge on any atom is -0.348 e. The van der Waals surface area contributed by atoms with Crippen molar-refractivity contribution in [2.24, 2.45) is 0 Å². The summed E-state index contributed by atoms with van der Waals surface area (Å²) >= 11 is 2.22. The summed E-state index contributed by atoms with van der Waals surface area (Å²) in [5, 5.41) is 15.2. The molecule has 0 amide bonds. The second kappa shape index (κ2) is 11.0. The molecule has 0 atom stereocenters. The molecule has 1 aliphatic rings. The predicted octanol–water partition coefficient (Wildman–Crippen LogP) is 5.64. The van der Waals surface area contributed by atoms with E-state index in [0.29, 0.717) is 18.9 Å². The van der Waals surface area contributed by atoms with Crippen molar-refractivity contribution in [1.82, 2.24) is 14.9 Å². The Balaban J connectivity index is 1.38. The van der Waals surface area contributed by atoms with Crippen molar-refractivity contribution in [3.05, 3.63) is 116 Å². The van der Waals surface area contributed by atoms with E-state index in [2.05, 4.69) is 91.3 Å². The van der Waals surface area contributed by atoms with E-state index in [0.717, 1.165) is 22.3 Å². The Hall–Kier alpha value is -3.57. The van der Waals surface area contributed by atoms with Gasteiger partial charge in [0.1, 0.15) is 6.33 Å². The highest BCUT2D eigenvalue weighted by atomic mass is 127. The Morgan fingerprint density at radius 2 is 1.42 bits per heavy atom. The van der Waals surface area contributed by atoms with Crippen LogP contribution in [0.3, 0.4) is 0 Å². The lowest BCUT2D eigenvalue weighted by Crippen LogP contribution is -2.48. The number of halogens is 1. The van der Waals surface area contributed by atoms with Crippen LogP contribution in [0.25, 0.3) is 0 Å². The molecule has 1 aliphatic heterocycles. The maximum Gasteiger partial charge on any atom is 0.353 e. The maximum atomic E-state index is 12.1. The number of rotatable bonds is 7. The summed E-state index contributed by atoms with van der Waals surface area (Å²) in [7, 11) is 0. The molecule has 182 valence electrons. The summed E-state index contributed by atoms with van der Waals surface area (Å²) in [5.74, 6) is 0.540. The monoisotopic (exact) mass is 592 g/mol. The van der Waals surface area contributed by atoms with Gasteiger partial charge in [-0.25, -0.2) is 9.97 Å². The van der Waals surface area contributed by atoms with Crippen LogP contribution >= 0.6 is 22.6 Å². The van der Waals surface area contributed by atoms with Gasteiger partial charge in [-0.1, -0.05) is 60.7 Å². The van der Waals surface area contributed by atoms with Crippen LogP contribution in [0.5, 0.6) is 0 Å². The van der Waals surface area contributed by atoms with Gasteiger partial charge in [-0.05, 0) is 58.0 Å². The van der Waals surface area contributed by atoms with Crippen molar-refractivity contribution in [2.45, 2.75) is 6.04 Å². The first-order valence-corrected chi connectivity index (χ1v) is 12.8. The Bertz CT molecular complexity index is 1270. The molecule has 0 bridgehead atoms. The van der Waals surface area contributed by atoms with Crippen LogP contribution in [-0.4, -0.2) is 46.0 Å². The lowest BCUT2D eigenvalue weighted by Gasteiger charge is -2.40. The van der Waals surface area contributed by atoms with E-state index in [1.807, 2.05) is 41.3 Å². The first-order valence-electron chi connectivity index (χ1n) is 11.7. The quantitative estimate of drug-likeness (QED) is 0.169. The van der Waals surface area contributed by atoms with Crippen molar-refractivity contribution >= 4 is 45.6 Å². The molecular weight excluding hydrogens is 567 g/mol. The molecule has 9 heteroatoms. The largest absolute Gasteiger partial charge is 0.353 e. The van der Waals surface area contributed by atoms with Crippen molar-refractivity contribution in [3.63, 3.8) is 0 Å². The zero-order chi connectivity index (χ0) is 24.9. The Kier molecular flexibility index (Phi) is 7.38. The van der Waals surface area contributed by atoms with E-state index in [9.17, 15) is 10.1 Å². The van der Waals surface area contributed by atoms with Gasteiger partial charge < -0.3 is 10.2 Å². The van der Waals surface area contributed by atoms with E-state index >= 15 is 0 Å². The smallest absolute Gasteiger partial charge is 0.348 e. The first-order chi connectivity index (χ1) is 17.6. The summed E-state index contributed by atoms with van der Waals surface area (Å²) in [6, 6.07) is 28.7. The van der Waals surface area contributed by atoms with Gasteiger partial charge in [0.05, 0.1) is 11.0 Å². The van der Waals surface area contributed by atoms with Gasteiger partial charge >= 0.3 is 5.69 Å². The molecule has 1 saturated heterocycles. The number of nitrogens with one attached hydrogen (secondary N) is 1. The number of benzene rings is 3. The molecule has 1 aromatic heterocycles. The molecule has 36 heavy (non-hydrogen) atoms. The Morgan fingerprint density at radius 1 is 0.833 bits per heavy atom. The number of hydrogen-bond acceptors (Lipinski definition) is 7. The third kappa shape index (κ3) is 5.31. The standard InChI is InChI=1S/C27H25IN6O2/c28-22-11-13-23(14-12-22)31-26-25(34(35)36)27(30-19-29-26)33-17-15-32(16-18-33)24(20-7-3-1-4-8-20)21-9-5-2-6-10-21/h1-14,19,24H,15-18H2,(H,29,30,31). The summed E-state index contributed by atoms with van der Waals surface area (Å²) in [6.07, 6.45) is 1.39. The predicted molar refractivity (Wildman–Crippen MR) is 150 cm³/mol. The van der Waals surface area contributed by atoms with E-state index in [1.165, 1.54) is 17.5 Å². The fraction of sp³-hybridized carbons (Fsp3) is 0.185. The minimum absolute atomic E-state index is 0.104. The molecule has 8 nitrogen and oxygen atoms in total. The average molecular weight is 592 g/mol. The first kappa shape index (κ1) is 24.1. The van der Waals surface area contributed by atoms with Gasteiger partial charge in [0, 0.05) is 35.4 Å². The van der Waals surface area contributed by atoms with Crippen LogP contribution in [0.1, 0.15) is 17.2 Å². The van der Waals surface area contributed by atoms with Crippen molar-refractivity contribution in [1.29, 1.82) is 0 Å². The molecule has 0 aliphatic carbocycles.